The maximum atomic E-state index is 12.4. The van der Waals surface area contributed by atoms with Crippen LogP contribution in [0.3, 0.4) is 0 Å². The van der Waals surface area contributed by atoms with Crippen molar-refractivity contribution in [1.82, 2.24) is 10.2 Å². The van der Waals surface area contributed by atoms with Crippen LogP contribution in [0, 0.1) is 0 Å². The summed E-state index contributed by atoms with van der Waals surface area (Å²) in [5.41, 5.74) is 0.788. The quantitative estimate of drug-likeness (QED) is 0.839. The van der Waals surface area contributed by atoms with Crippen LogP contribution in [-0.4, -0.2) is 37.0 Å². The normalized spacial score (nSPS) is 16.2. The SMILES string of the molecule is CCN(CC)CCNC(=O)C1(c2ccc(Cl)cc2)CC1. The van der Waals surface area contributed by atoms with E-state index in [-0.39, 0.29) is 11.3 Å². The first-order valence-corrected chi connectivity index (χ1v) is 7.77. The van der Waals surface area contributed by atoms with Gasteiger partial charge in [0.05, 0.1) is 5.41 Å². The van der Waals surface area contributed by atoms with E-state index in [2.05, 4.69) is 24.1 Å². The van der Waals surface area contributed by atoms with Crippen molar-refractivity contribution in [2.24, 2.45) is 0 Å². The zero-order valence-corrected chi connectivity index (χ0v) is 13.0. The summed E-state index contributed by atoms with van der Waals surface area (Å²) in [5.74, 6) is 0.159. The molecular weight excluding hydrogens is 272 g/mol. The fourth-order valence-corrected chi connectivity index (χ4v) is 2.70. The molecule has 0 heterocycles. The van der Waals surface area contributed by atoms with E-state index >= 15 is 0 Å². The van der Waals surface area contributed by atoms with Crippen LogP contribution in [0.5, 0.6) is 0 Å². The standard InChI is InChI=1S/C16H23ClN2O/c1-3-19(4-2)12-11-18-15(20)16(9-10-16)13-5-7-14(17)8-6-13/h5-8H,3-4,9-12H2,1-2H3,(H,18,20). The molecule has 1 N–H and O–H groups in total. The number of amides is 1. The summed E-state index contributed by atoms with van der Waals surface area (Å²) < 4.78 is 0. The van der Waals surface area contributed by atoms with Gasteiger partial charge in [-0.1, -0.05) is 37.6 Å². The van der Waals surface area contributed by atoms with Crippen LogP contribution >= 0.6 is 11.6 Å². The minimum absolute atomic E-state index is 0.159. The second kappa shape index (κ2) is 6.59. The van der Waals surface area contributed by atoms with Gasteiger partial charge < -0.3 is 10.2 Å². The number of benzene rings is 1. The molecular formula is C16H23ClN2O. The number of carbonyl (C=O) groups is 1. The van der Waals surface area contributed by atoms with Crippen molar-refractivity contribution >= 4 is 17.5 Å². The van der Waals surface area contributed by atoms with Crippen LogP contribution in [0.4, 0.5) is 0 Å². The molecule has 0 atom stereocenters. The van der Waals surface area contributed by atoms with Crippen LogP contribution in [0.2, 0.25) is 5.02 Å². The van der Waals surface area contributed by atoms with Crippen LogP contribution in [-0.2, 0) is 10.2 Å². The van der Waals surface area contributed by atoms with Crippen molar-refractivity contribution in [1.29, 1.82) is 0 Å². The Morgan fingerprint density at radius 2 is 1.85 bits per heavy atom. The van der Waals surface area contributed by atoms with Gasteiger partial charge in [-0.15, -0.1) is 0 Å². The average Bonchev–Trinajstić information content (AvgIpc) is 3.26. The van der Waals surface area contributed by atoms with Gasteiger partial charge >= 0.3 is 0 Å². The summed E-state index contributed by atoms with van der Waals surface area (Å²) in [5, 5.41) is 3.80. The van der Waals surface area contributed by atoms with Gasteiger partial charge in [0.2, 0.25) is 5.91 Å². The van der Waals surface area contributed by atoms with E-state index in [9.17, 15) is 4.79 Å². The lowest BCUT2D eigenvalue weighted by Gasteiger charge is -2.20. The molecule has 1 aliphatic carbocycles. The summed E-state index contributed by atoms with van der Waals surface area (Å²) in [7, 11) is 0. The Balaban J connectivity index is 1.90. The number of carbonyl (C=O) groups excluding carboxylic acids is 1. The Kier molecular flexibility index (Phi) is 5.06. The lowest BCUT2D eigenvalue weighted by Crippen LogP contribution is -2.39. The lowest BCUT2D eigenvalue weighted by molar-refractivity contribution is -0.123. The molecule has 1 aromatic rings. The van der Waals surface area contributed by atoms with Gasteiger partial charge in [0, 0.05) is 18.1 Å². The van der Waals surface area contributed by atoms with E-state index in [1.807, 2.05) is 24.3 Å². The number of rotatable bonds is 7. The van der Waals surface area contributed by atoms with Crippen LogP contribution < -0.4 is 5.32 Å². The number of halogens is 1. The van der Waals surface area contributed by atoms with Gasteiger partial charge in [0.1, 0.15) is 0 Å². The summed E-state index contributed by atoms with van der Waals surface area (Å²) in [6.45, 7) is 7.96. The molecule has 0 unspecified atom stereocenters. The van der Waals surface area contributed by atoms with Crippen molar-refractivity contribution in [3.8, 4) is 0 Å². The van der Waals surface area contributed by atoms with E-state index in [4.69, 9.17) is 11.6 Å². The summed E-state index contributed by atoms with van der Waals surface area (Å²) in [6.07, 6.45) is 1.87. The molecule has 0 aromatic heterocycles. The first kappa shape index (κ1) is 15.3. The molecule has 0 aliphatic heterocycles. The Bertz CT molecular complexity index is 450. The lowest BCUT2D eigenvalue weighted by atomic mass is 9.95. The van der Waals surface area contributed by atoms with Crippen molar-refractivity contribution in [2.75, 3.05) is 26.2 Å². The van der Waals surface area contributed by atoms with Crippen molar-refractivity contribution in [3.05, 3.63) is 34.9 Å². The third kappa shape index (κ3) is 3.33. The Labute approximate surface area is 126 Å². The highest BCUT2D eigenvalue weighted by Crippen LogP contribution is 2.48. The fourth-order valence-electron chi connectivity index (χ4n) is 2.58. The van der Waals surface area contributed by atoms with Gasteiger partial charge in [-0.05, 0) is 43.6 Å². The smallest absolute Gasteiger partial charge is 0.230 e. The summed E-state index contributed by atoms with van der Waals surface area (Å²) in [4.78, 5) is 14.7. The molecule has 0 saturated heterocycles. The molecule has 1 aliphatic rings. The monoisotopic (exact) mass is 294 g/mol. The van der Waals surface area contributed by atoms with Crippen molar-refractivity contribution in [2.45, 2.75) is 32.1 Å². The predicted molar refractivity (Wildman–Crippen MR) is 83.2 cm³/mol. The zero-order valence-electron chi connectivity index (χ0n) is 12.3. The van der Waals surface area contributed by atoms with Crippen LogP contribution in [0.25, 0.3) is 0 Å². The van der Waals surface area contributed by atoms with Crippen LogP contribution in [0.1, 0.15) is 32.3 Å². The van der Waals surface area contributed by atoms with Gasteiger partial charge in [0.25, 0.3) is 0 Å². The molecule has 0 bridgehead atoms. The third-order valence-electron chi connectivity index (χ3n) is 4.19. The van der Waals surface area contributed by atoms with E-state index < -0.39 is 0 Å². The maximum absolute atomic E-state index is 12.4. The van der Waals surface area contributed by atoms with Gasteiger partial charge in [-0.2, -0.15) is 0 Å². The Morgan fingerprint density at radius 1 is 1.25 bits per heavy atom. The van der Waals surface area contributed by atoms with Crippen molar-refractivity contribution in [3.63, 3.8) is 0 Å². The molecule has 0 radical (unpaired) electrons. The number of nitrogens with one attached hydrogen (secondary N) is 1. The molecule has 1 fully saturated rings. The fraction of sp³-hybridized carbons (Fsp3) is 0.562. The predicted octanol–water partition coefficient (Wildman–Crippen LogP) is 2.83. The highest BCUT2D eigenvalue weighted by Gasteiger charge is 2.50. The molecule has 0 spiro atoms. The summed E-state index contributed by atoms with van der Waals surface area (Å²) in [6, 6.07) is 7.67. The van der Waals surface area contributed by atoms with Crippen LogP contribution in [0.15, 0.2) is 24.3 Å². The topological polar surface area (TPSA) is 32.3 Å². The molecule has 1 aromatic carbocycles. The molecule has 4 heteroatoms. The van der Waals surface area contributed by atoms with Crippen molar-refractivity contribution < 1.29 is 4.79 Å². The van der Waals surface area contributed by atoms with E-state index in [1.165, 1.54) is 0 Å². The first-order valence-electron chi connectivity index (χ1n) is 7.39. The second-order valence-corrected chi connectivity index (χ2v) is 5.81. The second-order valence-electron chi connectivity index (χ2n) is 5.37. The highest BCUT2D eigenvalue weighted by molar-refractivity contribution is 6.30. The molecule has 1 amide bonds. The first-order chi connectivity index (χ1) is 9.62. The zero-order chi connectivity index (χ0) is 14.6. The number of likely N-dealkylation sites (N-methyl/N-ethyl adjacent to an activating group) is 1. The average molecular weight is 295 g/mol. The van der Waals surface area contributed by atoms with E-state index in [0.29, 0.717) is 5.02 Å². The minimum Gasteiger partial charge on any atom is -0.354 e. The largest absolute Gasteiger partial charge is 0.354 e. The number of hydrogen-bond donors (Lipinski definition) is 1. The molecule has 1 saturated carbocycles. The highest BCUT2D eigenvalue weighted by atomic mass is 35.5. The Morgan fingerprint density at radius 3 is 2.35 bits per heavy atom. The minimum atomic E-state index is -0.298. The third-order valence-corrected chi connectivity index (χ3v) is 4.44. The Hall–Kier alpha value is -1.06. The van der Waals surface area contributed by atoms with E-state index in [0.717, 1.165) is 44.6 Å². The number of nitrogens with zero attached hydrogens (tertiary/aromatic N) is 1. The van der Waals surface area contributed by atoms with Gasteiger partial charge in [-0.3, -0.25) is 4.79 Å². The molecule has 3 nitrogen and oxygen atoms in total. The number of hydrogen-bond acceptors (Lipinski definition) is 2. The summed E-state index contributed by atoms with van der Waals surface area (Å²) >= 11 is 5.91. The van der Waals surface area contributed by atoms with E-state index in [1.54, 1.807) is 0 Å². The van der Waals surface area contributed by atoms with Gasteiger partial charge in [-0.25, -0.2) is 0 Å². The molecule has 110 valence electrons. The molecule has 20 heavy (non-hydrogen) atoms. The molecule has 2 rings (SSSR count). The van der Waals surface area contributed by atoms with Gasteiger partial charge in [0.15, 0.2) is 0 Å². The maximum Gasteiger partial charge on any atom is 0.230 e.